The van der Waals surface area contributed by atoms with E-state index in [1.54, 1.807) is 18.2 Å². The van der Waals surface area contributed by atoms with E-state index in [1.807, 2.05) is 6.92 Å². The Bertz CT molecular complexity index is 1110. The number of rotatable bonds is 3. The maximum absolute atomic E-state index is 13.3. The van der Waals surface area contributed by atoms with Gasteiger partial charge in [-0.05, 0) is 61.7 Å². The predicted molar refractivity (Wildman–Crippen MR) is 116 cm³/mol. The van der Waals surface area contributed by atoms with Crippen LogP contribution in [0.4, 0.5) is 10.1 Å². The number of carbonyl (C=O) groups is 2. The lowest BCUT2D eigenvalue weighted by atomic mass is 9.75. The molecule has 0 unspecified atom stereocenters. The van der Waals surface area contributed by atoms with Crippen molar-refractivity contribution in [2.75, 3.05) is 5.32 Å². The summed E-state index contributed by atoms with van der Waals surface area (Å²) in [6.07, 6.45) is 1.94. The van der Waals surface area contributed by atoms with E-state index in [0.29, 0.717) is 39.0 Å². The van der Waals surface area contributed by atoms with Crippen LogP contribution in [0, 0.1) is 5.82 Å². The minimum Gasteiger partial charge on any atom is -0.362 e. The number of hydrogen-bond donors (Lipinski definition) is 2. The number of dihydropyridines is 1. The lowest BCUT2D eigenvalue weighted by molar-refractivity contribution is -0.116. The second-order valence-corrected chi connectivity index (χ2v) is 8.21. The number of benzene rings is 2. The molecule has 0 saturated heterocycles. The number of allylic oxidation sites excluding steroid dienone is 3. The van der Waals surface area contributed by atoms with Gasteiger partial charge in [-0.2, -0.15) is 0 Å². The van der Waals surface area contributed by atoms with E-state index < -0.39 is 5.92 Å². The molecule has 4 nitrogen and oxygen atoms in total. The van der Waals surface area contributed by atoms with Crippen LogP contribution in [-0.2, 0) is 9.59 Å². The Kier molecular flexibility index (Phi) is 5.67. The third kappa shape index (κ3) is 3.87. The molecule has 1 heterocycles. The second-order valence-electron chi connectivity index (χ2n) is 7.40. The lowest BCUT2D eigenvalue weighted by Gasteiger charge is -2.34. The van der Waals surface area contributed by atoms with Crippen molar-refractivity contribution in [2.24, 2.45) is 0 Å². The molecule has 0 radical (unpaired) electrons. The number of amides is 1. The summed E-state index contributed by atoms with van der Waals surface area (Å²) in [5.41, 5.74) is 3.71. The van der Waals surface area contributed by atoms with E-state index in [9.17, 15) is 14.0 Å². The molecule has 2 aliphatic rings. The number of hydrogen-bond acceptors (Lipinski definition) is 3. The first-order chi connectivity index (χ1) is 14.3. The van der Waals surface area contributed by atoms with Crippen molar-refractivity contribution in [3.63, 3.8) is 0 Å². The Balaban J connectivity index is 1.79. The fourth-order valence-electron chi connectivity index (χ4n) is 4.04. The number of halogens is 3. The number of carbonyl (C=O) groups excluding carboxylic acids is 2. The smallest absolute Gasteiger partial charge is 0.254 e. The van der Waals surface area contributed by atoms with Crippen molar-refractivity contribution in [3.8, 4) is 0 Å². The zero-order valence-electron chi connectivity index (χ0n) is 16.2. The molecule has 4 rings (SSSR count). The SMILES string of the molecule is CC1=C(C(=O)Nc2ccc(F)cc2)[C@H](c2ccc(Cl)c(Cl)c2)C2=C(CCCC2=O)N1. The summed E-state index contributed by atoms with van der Waals surface area (Å²) in [4.78, 5) is 26.2. The van der Waals surface area contributed by atoms with Crippen LogP contribution >= 0.6 is 23.2 Å². The average Bonchev–Trinajstić information content (AvgIpc) is 2.71. The molecular formula is C23H19Cl2FN2O2. The summed E-state index contributed by atoms with van der Waals surface area (Å²) in [7, 11) is 0. The van der Waals surface area contributed by atoms with Crippen LogP contribution in [-0.4, -0.2) is 11.7 Å². The molecule has 154 valence electrons. The average molecular weight is 445 g/mol. The van der Waals surface area contributed by atoms with Gasteiger partial charge in [-0.1, -0.05) is 29.3 Å². The van der Waals surface area contributed by atoms with Crippen molar-refractivity contribution >= 4 is 40.6 Å². The monoisotopic (exact) mass is 444 g/mol. The molecule has 0 saturated carbocycles. The summed E-state index contributed by atoms with van der Waals surface area (Å²) < 4.78 is 13.2. The van der Waals surface area contributed by atoms with Gasteiger partial charge in [0.1, 0.15) is 5.82 Å². The third-order valence-electron chi connectivity index (χ3n) is 5.40. The summed E-state index contributed by atoms with van der Waals surface area (Å²) in [6.45, 7) is 1.81. The van der Waals surface area contributed by atoms with Gasteiger partial charge in [0, 0.05) is 40.6 Å². The summed E-state index contributed by atoms with van der Waals surface area (Å²) in [6, 6.07) is 10.7. The highest BCUT2D eigenvalue weighted by Crippen LogP contribution is 2.43. The maximum Gasteiger partial charge on any atom is 0.254 e. The molecular weight excluding hydrogens is 426 g/mol. The molecule has 0 fully saturated rings. The van der Waals surface area contributed by atoms with Gasteiger partial charge in [0.05, 0.1) is 10.0 Å². The zero-order chi connectivity index (χ0) is 21.4. The Morgan fingerprint density at radius 2 is 1.83 bits per heavy atom. The number of nitrogens with one attached hydrogen (secondary N) is 2. The van der Waals surface area contributed by atoms with E-state index in [4.69, 9.17) is 23.2 Å². The maximum atomic E-state index is 13.3. The minimum absolute atomic E-state index is 0.0133. The minimum atomic E-state index is -0.565. The first kappa shape index (κ1) is 20.6. The summed E-state index contributed by atoms with van der Waals surface area (Å²) in [5.74, 6) is -1.31. The van der Waals surface area contributed by atoms with Crippen LogP contribution in [0.15, 0.2) is 65.0 Å². The van der Waals surface area contributed by atoms with Crippen molar-refractivity contribution in [3.05, 3.63) is 86.4 Å². The van der Waals surface area contributed by atoms with Gasteiger partial charge in [-0.3, -0.25) is 9.59 Å². The second kappa shape index (κ2) is 8.25. The Labute approximate surface area is 183 Å². The van der Waals surface area contributed by atoms with Gasteiger partial charge < -0.3 is 10.6 Å². The van der Waals surface area contributed by atoms with Gasteiger partial charge in [0.15, 0.2) is 5.78 Å². The fraction of sp³-hybridized carbons (Fsp3) is 0.217. The van der Waals surface area contributed by atoms with Crippen molar-refractivity contribution in [2.45, 2.75) is 32.1 Å². The van der Waals surface area contributed by atoms with E-state index in [-0.39, 0.29) is 17.5 Å². The van der Waals surface area contributed by atoms with Gasteiger partial charge in [-0.15, -0.1) is 0 Å². The first-order valence-electron chi connectivity index (χ1n) is 9.61. The van der Waals surface area contributed by atoms with Crippen LogP contribution in [0.3, 0.4) is 0 Å². The quantitative estimate of drug-likeness (QED) is 0.634. The summed E-state index contributed by atoms with van der Waals surface area (Å²) >= 11 is 12.3. The molecule has 1 aliphatic carbocycles. The number of ketones is 1. The topological polar surface area (TPSA) is 58.2 Å². The zero-order valence-corrected chi connectivity index (χ0v) is 17.7. The van der Waals surface area contributed by atoms with Gasteiger partial charge >= 0.3 is 0 Å². The molecule has 0 spiro atoms. The van der Waals surface area contributed by atoms with E-state index >= 15 is 0 Å². The van der Waals surface area contributed by atoms with Gasteiger partial charge in [-0.25, -0.2) is 4.39 Å². The van der Waals surface area contributed by atoms with Gasteiger partial charge in [0.25, 0.3) is 5.91 Å². The van der Waals surface area contributed by atoms with Crippen molar-refractivity contribution in [1.82, 2.24) is 5.32 Å². The molecule has 0 bridgehead atoms. The van der Waals surface area contributed by atoms with E-state index in [0.717, 1.165) is 24.1 Å². The molecule has 1 atom stereocenters. The number of anilines is 1. The van der Waals surface area contributed by atoms with Crippen LogP contribution < -0.4 is 10.6 Å². The fourth-order valence-corrected chi connectivity index (χ4v) is 4.35. The third-order valence-corrected chi connectivity index (χ3v) is 6.14. The van der Waals surface area contributed by atoms with Gasteiger partial charge in [0.2, 0.25) is 0 Å². The van der Waals surface area contributed by atoms with Crippen LogP contribution in [0.2, 0.25) is 10.0 Å². The van der Waals surface area contributed by atoms with Crippen LogP contribution in [0.5, 0.6) is 0 Å². The van der Waals surface area contributed by atoms with Crippen LogP contribution in [0.1, 0.15) is 37.7 Å². The van der Waals surface area contributed by atoms with Crippen LogP contribution in [0.25, 0.3) is 0 Å². The predicted octanol–water partition coefficient (Wildman–Crippen LogP) is 5.74. The Hall–Kier alpha value is -2.63. The molecule has 7 heteroatoms. The molecule has 30 heavy (non-hydrogen) atoms. The first-order valence-corrected chi connectivity index (χ1v) is 10.4. The van der Waals surface area contributed by atoms with Crippen molar-refractivity contribution < 1.29 is 14.0 Å². The van der Waals surface area contributed by atoms with E-state index in [2.05, 4.69) is 10.6 Å². The molecule has 2 aromatic rings. The molecule has 1 aliphatic heterocycles. The highest BCUT2D eigenvalue weighted by molar-refractivity contribution is 6.42. The normalized spacial score (nSPS) is 18.8. The Morgan fingerprint density at radius 1 is 1.10 bits per heavy atom. The lowest BCUT2D eigenvalue weighted by Crippen LogP contribution is -2.35. The van der Waals surface area contributed by atoms with E-state index in [1.165, 1.54) is 24.3 Å². The summed E-state index contributed by atoms with van der Waals surface area (Å²) in [5, 5.41) is 6.82. The highest BCUT2D eigenvalue weighted by Gasteiger charge is 2.38. The molecule has 2 aromatic carbocycles. The molecule has 2 N–H and O–H groups in total. The standard InChI is InChI=1S/C23H19Cl2FN2O2/c1-12-20(23(30)28-15-8-6-14(26)7-9-15)21(13-5-10-16(24)17(25)11-13)22-18(27-12)3-2-4-19(22)29/h5-11,21,27H,2-4H2,1H3,(H,28,30)/t21-/m0/s1. The largest absolute Gasteiger partial charge is 0.362 e. The Morgan fingerprint density at radius 3 is 2.53 bits per heavy atom. The molecule has 0 aromatic heterocycles. The molecule has 1 amide bonds. The highest BCUT2D eigenvalue weighted by atomic mass is 35.5. The number of Topliss-reactive ketones (excluding diaryl/α,β-unsaturated/α-hetero) is 1. The van der Waals surface area contributed by atoms with Crippen molar-refractivity contribution in [1.29, 1.82) is 0 Å².